The largest absolute Gasteiger partial charge is 0.495 e. The minimum absolute atomic E-state index is 0.216. The first-order valence-corrected chi connectivity index (χ1v) is 7.68. The van der Waals surface area contributed by atoms with Gasteiger partial charge < -0.3 is 10.1 Å². The molecule has 0 aliphatic heterocycles. The van der Waals surface area contributed by atoms with Crippen molar-refractivity contribution in [2.45, 2.75) is 4.90 Å². The van der Waals surface area contributed by atoms with Crippen molar-refractivity contribution in [1.82, 2.24) is 0 Å². The highest BCUT2D eigenvalue weighted by Gasteiger charge is 2.11. The van der Waals surface area contributed by atoms with Gasteiger partial charge in [0.05, 0.1) is 17.1 Å². The SMILES string of the molecule is COc1cc(NC(=O)c2ccc(Br)cc2S)ccc1Br. The van der Waals surface area contributed by atoms with Gasteiger partial charge >= 0.3 is 0 Å². The summed E-state index contributed by atoms with van der Waals surface area (Å²) in [4.78, 5) is 12.8. The van der Waals surface area contributed by atoms with Crippen LogP contribution in [0.1, 0.15) is 10.4 Å². The molecule has 2 aromatic carbocycles. The second-order valence-corrected chi connectivity index (χ2v) is 6.22. The molecule has 2 rings (SSSR count). The van der Waals surface area contributed by atoms with E-state index in [1.807, 2.05) is 6.07 Å². The van der Waals surface area contributed by atoms with Gasteiger partial charge in [0.15, 0.2) is 0 Å². The van der Waals surface area contributed by atoms with Gasteiger partial charge in [0.25, 0.3) is 5.91 Å². The van der Waals surface area contributed by atoms with Crippen molar-refractivity contribution in [2.75, 3.05) is 12.4 Å². The van der Waals surface area contributed by atoms with Gasteiger partial charge in [-0.15, -0.1) is 12.6 Å². The smallest absolute Gasteiger partial charge is 0.256 e. The highest BCUT2D eigenvalue weighted by Crippen LogP contribution is 2.28. The molecule has 6 heteroatoms. The van der Waals surface area contributed by atoms with Crippen molar-refractivity contribution in [2.24, 2.45) is 0 Å². The average molecular weight is 417 g/mol. The van der Waals surface area contributed by atoms with E-state index in [0.717, 1.165) is 8.95 Å². The summed E-state index contributed by atoms with van der Waals surface area (Å²) in [5.41, 5.74) is 1.17. The second kappa shape index (κ2) is 6.65. The molecular weight excluding hydrogens is 406 g/mol. The summed E-state index contributed by atoms with van der Waals surface area (Å²) in [6, 6.07) is 10.7. The Bertz CT molecular complexity index is 662. The normalized spacial score (nSPS) is 10.2. The van der Waals surface area contributed by atoms with E-state index in [1.165, 1.54) is 0 Å². The Morgan fingerprint density at radius 3 is 2.60 bits per heavy atom. The van der Waals surface area contributed by atoms with E-state index >= 15 is 0 Å². The van der Waals surface area contributed by atoms with Crippen molar-refractivity contribution < 1.29 is 9.53 Å². The molecule has 20 heavy (non-hydrogen) atoms. The number of anilines is 1. The first kappa shape index (κ1) is 15.4. The zero-order chi connectivity index (χ0) is 14.7. The summed E-state index contributed by atoms with van der Waals surface area (Å²) in [6.45, 7) is 0. The number of ether oxygens (including phenoxy) is 1. The molecule has 104 valence electrons. The lowest BCUT2D eigenvalue weighted by Gasteiger charge is -2.10. The predicted octanol–water partition coefficient (Wildman–Crippen LogP) is 4.76. The van der Waals surface area contributed by atoms with Crippen LogP contribution >= 0.6 is 44.5 Å². The zero-order valence-corrected chi connectivity index (χ0v) is 14.6. The molecule has 0 saturated carbocycles. The van der Waals surface area contributed by atoms with Crippen LogP contribution in [0.25, 0.3) is 0 Å². The lowest BCUT2D eigenvalue weighted by Crippen LogP contribution is -2.12. The number of carbonyl (C=O) groups excluding carboxylic acids is 1. The number of thiol groups is 1. The molecule has 0 aromatic heterocycles. The minimum Gasteiger partial charge on any atom is -0.495 e. The van der Waals surface area contributed by atoms with Crippen LogP contribution in [-0.2, 0) is 0 Å². The van der Waals surface area contributed by atoms with Crippen LogP contribution in [0.4, 0.5) is 5.69 Å². The number of halogens is 2. The van der Waals surface area contributed by atoms with E-state index in [-0.39, 0.29) is 5.91 Å². The molecular formula is C14H11Br2NO2S. The van der Waals surface area contributed by atoms with Gasteiger partial charge in [-0.05, 0) is 46.3 Å². The number of methoxy groups -OCH3 is 1. The Kier molecular flexibility index (Phi) is 5.12. The Labute approximate surface area is 139 Å². The van der Waals surface area contributed by atoms with Crippen LogP contribution in [-0.4, -0.2) is 13.0 Å². The number of nitrogens with one attached hydrogen (secondary N) is 1. The fraction of sp³-hybridized carbons (Fsp3) is 0.0714. The van der Waals surface area contributed by atoms with Gasteiger partial charge in [-0.25, -0.2) is 0 Å². The number of amides is 1. The third kappa shape index (κ3) is 3.56. The molecule has 0 spiro atoms. The first-order chi connectivity index (χ1) is 9.51. The van der Waals surface area contributed by atoms with Crippen molar-refractivity contribution in [3.8, 4) is 5.75 Å². The Balaban J connectivity index is 2.23. The highest BCUT2D eigenvalue weighted by molar-refractivity contribution is 9.10. The predicted molar refractivity (Wildman–Crippen MR) is 90.0 cm³/mol. The van der Waals surface area contributed by atoms with Crippen LogP contribution in [0.15, 0.2) is 50.2 Å². The maximum absolute atomic E-state index is 12.2. The fourth-order valence-electron chi connectivity index (χ4n) is 1.63. The third-order valence-electron chi connectivity index (χ3n) is 2.61. The summed E-state index contributed by atoms with van der Waals surface area (Å²) in [5, 5.41) is 2.82. The zero-order valence-electron chi connectivity index (χ0n) is 10.5. The monoisotopic (exact) mass is 415 g/mol. The lowest BCUT2D eigenvalue weighted by molar-refractivity contribution is 0.102. The van der Waals surface area contributed by atoms with Gasteiger partial charge in [-0.1, -0.05) is 15.9 Å². The number of rotatable bonds is 3. The van der Waals surface area contributed by atoms with Gasteiger partial charge in [-0.2, -0.15) is 0 Å². The fourth-order valence-corrected chi connectivity index (χ4v) is 2.89. The Hall–Kier alpha value is -0.980. The van der Waals surface area contributed by atoms with E-state index in [4.69, 9.17) is 4.74 Å². The van der Waals surface area contributed by atoms with Crippen molar-refractivity contribution >= 4 is 56.1 Å². The number of benzene rings is 2. The number of hydrogen-bond acceptors (Lipinski definition) is 3. The van der Waals surface area contributed by atoms with Gasteiger partial charge in [0.1, 0.15) is 5.75 Å². The van der Waals surface area contributed by atoms with Crippen molar-refractivity contribution in [3.63, 3.8) is 0 Å². The third-order valence-corrected chi connectivity index (χ3v) is 4.13. The second-order valence-electron chi connectivity index (χ2n) is 3.96. The van der Waals surface area contributed by atoms with Crippen LogP contribution < -0.4 is 10.1 Å². The number of hydrogen-bond donors (Lipinski definition) is 2. The molecule has 0 unspecified atom stereocenters. The van der Waals surface area contributed by atoms with Gasteiger partial charge in [0, 0.05) is 21.1 Å². The summed E-state index contributed by atoms with van der Waals surface area (Å²) in [5.74, 6) is 0.441. The summed E-state index contributed by atoms with van der Waals surface area (Å²) < 4.78 is 6.90. The molecule has 0 saturated heterocycles. The molecule has 2 aromatic rings. The van der Waals surface area contributed by atoms with Gasteiger partial charge in [-0.3, -0.25) is 4.79 Å². The molecule has 0 atom stereocenters. The Morgan fingerprint density at radius 2 is 1.95 bits per heavy atom. The first-order valence-electron chi connectivity index (χ1n) is 5.64. The summed E-state index contributed by atoms with van der Waals surface area (Å²) in [6.07, 6.45) is 0. The number of carbonyl (C=O) groups is 1. The molecule has 0 bridgehead atoms. The molecule has 1 N–H and O–H groups in total. The molecule has 0 fully saturated rings. The molecule has 0 radical (unpaired) electrons. The van der Waals surface area contributed by atoms with E-state index in [2.05, 4.69) is 49.8 Å². The molecule has 1 amide bonds. The van der Waals surface area contributed by atoms with Crippen molar-refractivity contribution in [3.05, 3.63) is 50.9 Å². The van der Waals surface area contributed by atoms with E-state index in [9.17, 15) is 4.79 Å². The maximum Gasteiger partial charge on any atom is 0.256 e. The van der Waals surface area contributed by atoms with Crippen LogP contribution in [0.3, 0.4) is 0 Å². The maximum atomic E-state index is 12.2. The molecule has 0 aliphatic rings. The van der Waals surface area contributed by atoms with Crippen LogP contribution in [0.2, 0.25) is 0 Å². The van der Waals surface area contributed by atoms with E-state index in [0.29, 0.717) is 21.9 Å². The molecule has 3 nitrogen and oxygen atoms in total. The Morgan fingerprint density at radius 1 is 1.20 bits per heavy atom. The standard InChI is InChI=1S/C14H11Br2NO2S/c1-19-12-7-9(3-5-11(12)16)17-14(18)10-4-2-8(15)6-13(10)20/h2-7,20H,1H3,(H,17,18). The van der Waals surface area contributed by atoms with E-state index in [1.54, 1.807) is 37.4 Å². The summed E-state index contributed by atoms with van der Waals surface area (Å²) >= 11 is 11.0. The van der Waals surface area contributed by atoms with Crippen molar-refractivity contribution in [1.29, 1.82) is 0 Å². The summed E-state index contributed by atoms with van der Waals surface area (Å²) in [7, 11) is 1.58. The quantitative estimate of drug-likeness (QED) is 0.707. The molecule has 0 heterocycles. The lowest BCUT2D eigenvalue weighted by atomic mass is 10.2. The minimum atomic E-state index is -0.216. The van der Waals surface area contributed by atoms with Crippen LogP contribution in [0, 0.1) is 0 Å². The topological polar surface area (TPSA) is 38.3 Å². The average Bonchev–Trinajstić information content (AvgIpc) is 2.40. The van der Waals surface area contributed by atoms with Gasteiger partial charge in [0.2, 0.25) is 0 Å². The van der Waals surface area contributed by atoms with Crippen LogP contribution in [0.5, 0.6) is 5.75 Å². The highest BCUT2D eigenvalue weighted by atomic mass is 79.9. The molecule has 0 aliphatic carbocycles. The van der Waals surface area contributed by atoms with E-state index < -0.39 is 0 Å².